The Hall–Kier alpha value is -1.11. The summed E-state index contributed by atoms with van der Waals surface area (Å²) in [7, 11) is 0. The molecule has 0 fully saturated rings. The molecule has 0 aliphatic carbocycles. The van der Waals surface area contributed by atoms with E-state index in [2.05, 4.69) is 38.7 Å². The molecule has 0 radical (unpaired) electrons. The lowest BCUT2D eigenvalue weighted by Gasteiger charge is -2.03. The van der Waals surface area contributed by atoms with Crippen LogP contribution in [-0.4, -0.2) is 14.8 Å². The monoisotopic (exact) mass is 429 g/mol. The molecule has 0 atom stereocenters. The summed E-state index contributed by atoms with van der Waals surface area (Å²) < 4.78 is 2.94. The Morgan fingerprint density at radius 3 is 2.67 bits per heavy atom. The molecular formula is C15H10Cl2IN3. The predicted octanol–water partition coefficient (Wildman–Crippen LogP) is 4.90. The van der Waals surface area contributed by atoms with Crippen LogP contribution in [0.15, 0.2) is 48.8 Å². The highest BCUT2D eigenvalue weighted by molar-refractivity contribution is 14.1. The Labute approximate surface area is 146 Å². The Morgan fingerprint density at radius 2 is 1.90 bits per heavy atom. The van der Waals surface area contributed by atoms with Crippen molar-refractivity contribution in [3.63, 3.8) is 0 Å². The first-order valence-corrected chi connectivity index (χ1v) is 8.04. The van der Waals surface area contributed by atoms with E-state index in [0.29, 0.717) is 22.4 Å². The molecule has 1 heterocycles. The number of benzene rings is 2. The van der Waals surface area contributed by atoms with Gasteiger partial charge in [-0.1, -0.05) is 41.4 Å². The molecule has 0 amide bonds. The fourth-order valence-electron chi connectivity index (χ4n) is 1.96. The minimum atomic E-state index is 0.548. The molecule has 0 saturated heterocycles. The number of halogens is 3. The molecule has 0 aliphatic heterocycles. The molecule has 21 heavy (non-hydrogen) atoms. The largest absolute Gasteiger partial charge is 0.248 e. The third kappa shape index (κ3) is 3.56. The topological polar surface area (TPSA) is 30.7 Å². The summed E-state index contributed by atoms with van der Waals surface area (Å²) in [6, 6.07) is 13.7. The summed E-state index contributed by atoms with van der Waals surface area (Å²) in [5.74, 6) is 0.716. The van der Waals surface area contributed by atoms with Crippen molar-refractivity contribution in [3.8, 4) is 11.4 Å². The molecule has 3 aromatic rings. The van der Waals surface area contributed by atoms with Crippen LogP contribution in [0.25, 0.3) is 11.4 Å². The van der Waals surface area contributed by atoms with Gasteiger partial charge in [-0.3, -0.25) is 0 Å². The minimum Gasteiger partial charge on any atom is -0.248 e. The summed E-state index contributed by atoms with van der Waals surface area (Å²) in [5.41, 5.74) is 2.04. The molecule has 106 valence electrons. The van der Waals surface area contributed by atoms with Crippen LogP contribution in [0, 0.1) is 3.57 Å². The van der Waals surface area contributed by atoms with E-state index in [1.165, 1.54) is 0 Å². The van der Waals surface area contributed by atoms with Crippen molar-refractivity contribution in [1.82, 2.24) is 14.8 Å². The highest BCUT2D eigenvalue weighted by Crippen LogP contribution is 2.23. The highest BCUT2D eigenvalue weighted by Gasteiger charge is 2.06. The quantitative estimate of drug-likeness (QED) is 0.554. The zero-order chi connectivity index (χ0) is 14.8. The summed E-state index contributed by atoms with van der Waals surface area (Å²) in [6.07, 6.45) is 1.72. The van der Waals surface area contributed by atoms with Gasteiger partial charge in [0.2, 0.25) is 0 Å². The molecule has 2 aromatic carbocycles. The number of nitrogens with zero attached hydrogens (tertiary/aromatic N) is 3. The molecule has 0 saturated carbocycles. The van der Waals surface area contributed by atoms with E-state index in [4.69, 9.17) is 23.2 Å². The van der Waals surface area contributed by atoms with Gasteiger partial charge in [0.15, 0.2) is 5.82 Å². The maximum Gasteiger partial charge on any atom is 0.181 e. The summed E-state index contributed by atoms with van der Waals surface area (Å²) in [6.45, 7) is 0.605. The van der Waals surface area contributed by atoms with Gasteiger partial charge in [0.25, 0.3) is 0 Å². The highest BCUT2D eigenvalue weighted by atomic mass is 127. The zero-order valence-corrected chi connectivity index (χ0v) is 14.5. The number of aromatic nitrogens is 3. The van der Waals surface area contributed by atoms with Gasteiger partial charge in [0.05, 0.1) is 16.6 Å². The third-order valence-electron chi connectivity index (χ3n) is 2.95. The molecule has 0 N–H and O–H groups in total. The van der Waals surface area contributed by atoms with Crippen molar-refractivity contribution < 1.29 is 0 Å². The lowest BCUT2D eigenvalue weighted by Crippen LogP contribution is -2.00. The van der Waals surface area contributed by atoms with E-state index in [0.717, 1.165) is 14.7 Å². The maximum atomic E-state index is 6.02. The second kappa shape index (κ2) is 6.34. The molecule has 3 nitrogen and oxygen atoms in total. The van der Waals surface area contributed by atoms with Gasteiger partial charge in [-0.25, -0.2) is 9.67 Å². The SMILES string of the molecule is Clc1ccc(Cn2cnc(-c3cccc(I)c3)n2)cc1Cl. The molecule has 0 spiro atoms. The molecule has 0 unspecified atom stereocenters. The molecule has 6 heteroatoms. The first kappa shape index (κ1) is 14.8. The fraction of sp³-hybridized carbons (Fsp3) is 0.0667. The smallest absolute Gasteiger partial charge is 0.181 e. The first-order valence-electron chi connectivity index (χ1n) is 6.21. The van der Waals surface area contributed by atoms with E-state index in [-0.39, 0.29) is 0 Å². The Bertz CT molecular complexity index is 786. The number of hydrogen-bond donors (Lipinski definition) is 0. The van der Waals surface area contributed by atoms with Crippen LogP contribution in [0.5, 0.6) is 0 Å². The van der Waals surface area contributed by atoms with Gasteiger partial charge in [0, 0.05) is 9.13 Å². The van der Waals surface area contributed by atoms with Gasteiger partial charge in [-0.05, 0) is 52.4 Å². The van der Waals surface area contributed by atoms with Gasteiger partial charge >= 0.3 is 0 Å². The Kier molecular flexibility index (Phi) is 4.47. The summed E-state index contributed by atoms with van der Waals surface area (Å²) in [4.78, 5) is 4.35. The van der Waals surface area contributed by atoms with Crippen LogP contribution >= 0.6 is 45.8 Å². The van der Waals surface area contributed by atoms with Crippen molar-refractivity contribution >= 4 is 45.8 Å². The van der Waals surface area contributed by atoms with Crippen molar-refractivity contribution in [3.05, 3.63) is 68.0 Å². The van der Waals surface area contributed by atoms with Crippen LogP contribution in [0.3, 0.4) is 0 Å². The van der Waals surface area contributed by atoms with Gasteiger partial charge in [-0.15, -0.1) is 0 Å². The summed E-state index contributed by atoms with van der Waals surface area (Å²) >= 11 is 14.2. The second-order valence-corrected chi connectivity index (χ2v) is 6.58. The van der Waals surface area contributed by atoms with E-state index < -0.39 is 0 Å². The maximum absolute atomic E-state index is 6.02. The van der Waals surface area contributed by atoms with Crippen molar-refractivity contribution in [1.29, 1.82) is 0 Å². The predicted molar refractivity (Wildman–Crippen MR) is 93.7 cm³/mol. The first-order chi connectivity index (χ1) is 10.1. The Morgan fingerprint density at radius 1 is 1.05 bits per heavy atom. The minimum absolute atomic E-state index is 0.548. The number of rotatable bonds is 3. The lowest BCUT2D eigenvalue weighted by molar-refractivity contribution is 0.687. The zero-order valence-electron chi connectivity index (χ0n) is 10.8. The fourth-order valence-corrected chi connectivity index (χ4v) is 2.82. The van der Waals surface area contributed by atoms with Crippen LogP contribution in [0.1, 0.15) is 5.56 Å². The number of hydrogen-bond acceptors (Lipinski definition) is 2. The lowest BCUT2D eigenvalue weighted by atomic mass is 10.2. The normalized spacial score (nSPS) is 10.8. The van der Waals surface area contributed by atoms with Gasteiger partial charge in [0.1, 0.15) is 6.33 Å². The van der Waals surface area contributed by atoms with Gasteiger partial charge < -0.3 is 0 Å². The van der Waals surface area contributed by atoms with Crippen molar-refractivity contribution in [2.45, 2.75) is 6.54 Å². The van der Waals surface area contributed by atoms with Gasteiger partial charge in [-0.2, -0.15) is 5.10 Å². The van der Waals surface area contributed by atoms with Crippen LogP contribution < -0.4 is 0 Å². The van der Waals surface area contributed by atoms with Crippen LogP contribution in [0.4, 0.5) is 0 Å². The molecule has 0 bridgehead atoms. The summed E-state index contributed by atoms with van der Waals surface area (Å²) in [5, 5.41) is 5.60. The molecule has 3 rings (SSSR count). The van der Waals surface area contributed by atoms with E-state index in [1.807, 2.05) is 30.3 Å². The molecule has 0 aliphatic rings. The Balaban J connectivity index is 1.83. The molecule has 1 aromatic heterocycles. The van der Waals surface area contributed by atoms with Crippen molar-refractivity contribution in [2.75, 3.05) is 0 Å². The average molecular weight is 430 g/mol. The second-order valence-electron chi connectivity index (χ2n) is 4.52. The van der Waals surface area contributed by atoms with E-state index >= 15 is 0 Å². The van der Waals surface area contributed by atoms with E-state index in [1.54, 1.807) is 17.1 Å². The van der Waals surface area contributed by atoms with E-state index in [9.17, 15) is 0 Å². The van der Waals surface area contributed by atoms with Crippen molar-refractivity contribution in [2.24, 2.45) is 0 Å². The standard InChI is InChI=1S/C15H10Cl2IN3/c16-13-5-4-10(6-14(13)17)8-21-9-19-15(20-21)11-2-1-3-12(18)7-11/h1-7,9H,8H2. The molecular weight excluding hydrogens is 420 g/mol. The average Bonchev–Trinajstić information content (AvgIpc) is 2.91. The van der Waals surface area contributed by atoms with Crippen LogP contribution in [0.2, 0.25) is 10.0 Å². The van der Waals surface area contributed by atoms with Crippen LogP contribution in [-0.2, 0) is 6.54 Å². The third-order valence-corrected chi connectivity index (χ3v) is 4.36.